The molecule has 0 heterocycles. The van der Waals surface area contributed by atoms with E-state index in [1.54, 1.807) is 6.92 Å². The van der Waals surface area contributed by atoms with Crippen LogP contribution in [0.3, 0.4) is 0 Å². The lowest BCUT2D eigenvalue weighted by Gasteiger charge is -2.15. The molecule has 1 atom stereocenters. The van der Waals surface area contributed by atoms with Crippen LogP contribution < -0.4 is 5.32 Å². The lowest BCUT2D eigenvalue weighted by Crippen LogP contribution is -2.16. The Morgan fingerprint density at radius 2 is 2.00 bits per heavy atom. The second kappa shape index (κ2) is 7.07. The molecular formula is C11H23NO. The summed E-state index contributed by atoms with van der Waals surface area (Å²) in [6.07, 6.45) is 3.18. The van der Waals surface area contributed by atoms with Gasteiger partial charge in [-0.2, -0.15) is 0 Å². The molecule has 0 amide bonds. The smallest absolute Gasteiger partial charge is 0.132 e. The van der Waals surface area contributed by atoms with Gasteiger partial charge >= 0.3 is 0 Å². The summed E-state index contributed by atoms with van der Waals surface area (Å²) in [7, 11) is 1.95. The van der Waals surface area contributed by atoms with Crippen molar-refractivity contribution in [3.8, 4) is 0 Å². The minimum absolute atomic E-state index is 0.286. The van der Waals surface area contributed by atoms with Crippen LogP contribution in [-0.2, 0) is 4.79 Å². The molecule has 0 saturated carbocycles. The SMILES string of the molecule is CNCCCC(CC(C)C)C(C)=O. The van der Waals surface area contributed by atoms with Gasteiger partial charge in [-0.3, -0.25) is 4.79 Å². The fourth-order valence-electron chi connectivity index (χ4n) is 1.58. The molecule has 0 aliphatic rings. The Hall–Kier alpha value is -0.370. The number of carbonyl (C=O) groups excluding carboxylic acids is 1. The number of ketones is 1. The molecule has 13 heavy (non-hydrogen) atoms. The van der Waals surface area contributed by atoms with Crippen molar-refractivity contribution in [3.05, 3.63) is 0 Å². The molecule has 0 fully saturated rings. The maximum atomic E-state index is 11.3. The molecule has 0 rings (SSSR count). The Balaban J connectivity index is 3.74. The van der Waals surface area contributed by atoms with Gasteiger partial charge in [0.1, 0.15) is 5.78 Å². The summed E-state index contributed by atoms with van der Waals surface area (Å²) in [4.78, 5) is 11.3. The average Bonchev–Trinajstić information content (AvgIpc) is 2.02. The van der Waals surface area contributed by atoms with E-state index in [-0.39, 0.29) is 5.92 Å². The first-order chi connectivity index (χ1) is 6.07. The van der Waals surface area contributed by atoms with Crippen molar-refractivity contribution in [2.45, 2.75) is 40.0 Å². The van der Waals surface area contributed by atoms with Crippen LogP contribution in [-0.4, -0.2) is 19.4 Å². The minimum Gasteiger partial charge on any atom is -0.320 e. The van der Waals surface area contributed by atoms with Crippen LogP contribution in [0.2, 0.25) is 0 Å². The Kier molecular flexibility index (Phi) is 6.87. The van der Waals surface area contributed by atoms with Gasteiger partial charge in [0.2, 0.25) is 0 Å². The predicted octanol–water partition coefficient (Wildman–Crippen LogP) is 2.24. The molecule has 0 bridgehead atoms. The van der Waals surface area contributed by atoms with Crippen molar-refractivity contribution >= 4 is 5.78 Å². The van der Waals surface area contributed by atoms with Crippen molar-refractivity contribution in [1.82, 2.24) is 5.32 Å². The van der Waals surface area contributed by atoms with Gasteiger partial charge in [0.15, 0.2) is 0 Å². The van der Waals surface area contributed by atoms with E-state index >= 15 is 0 Å². The molecular weight excluding hydrogens is 162 g/mol. The summed E-state index contributed by atoms with van der Waals surface area (Å²) in [5.41, 5.74) is 0. The van der Waals surface area contributed by atoms with Crippen LogP contribution in [0, 0.1) is 11.8 Å². The third kappa shape index (κ3) is 6.76. The molecule has 0 aromatic heterocycles. The lowest BCUT2D eigenvalue weighted by molar-refractivity contribution is -0.121. The average molecular weight is 185 g/mol. The summed E-state index contributed by atoms with van der Waals surface area (Å²) < 4.78 is 0. The van der Waals surface area contributed by atoms with Crippen molar-refractivity contribution in [2.75, 3.05) is 13.6 Å². The van der Waals surface area contributed by atoms with Crippen LogP contribution in [0.1, 0.15) is 40.0 Å². The number of rotatable bonds is 7. The fraction of sp³-hybridized carbons (Fsp3) is 0.909. The third-order valence-corrected chi connectivity index (χ3v) is 2.31. The van der Waals surface area contributed by atoms with Crippen molar-refractivity contribution in [3.63, 3.8) is 0 Å². The van der Waals surface area contributed by atoms with Gasteiger partial charge in [-0.05, 0) is 45.7 Å². The van der Waals surface area contributed by atoms with Crippen LogP contribution in [0.4, 0.5) is 0 Å². The predicted molar refractivity (Wildman–Crippen MR) is 56.8 cm³/mol. The Labute approximate surface area is 82.1 Å². The van der Waals surface area contributed by atoms with E-state index in [4.69, 9.17) is 0 Å². The highest BCUT2D eigenvalue weighted by atomic mass is 16.1. The molecule has 0 aromatic rings. The largest absolute Gasteiger partial charge is 0.320 e. The minimum atomic E-state index is 0.286. The maximum absolute atomic E-state index is 11.3. The first-order valence-electron chi connectivity index (χ1n) is 5.23. The van der Waals surface area contributed by atoms with Crippen molar-refractivity contribution in [1.29, 1.82) is 0 Å². The summed E-state index contributed by atoms with van der Waals surface area (Å²) in [6, 6.07) is 0. The molecule has 1 unspecified atom stereocenters. The van der Waals surface area contributed by atoms with E-state index in [2.05, 4.69) is 19.2 Å². The molecule has 0 saturated heterocycles. The lowest BCUT2D eigenvalue weighted by atomic mass is 9.90. The number of hydrogen-bond acceptors (Lipinski definition) is 2. The summed E-state index contributed by atoms with van der Waals surface area (Å²) in [5.74, 6) is 1.27. The van der Waals surface area contributed by atoms with E-state index in [9.17, 15) is 4.79 Å². The summed E-state index contributed by atoms with van der Waals surface area (Å²) in [5, 5.41) is 3.10. The molecule has 0 spiro atoms. The monoisotopic (exact) mass is 185 g/mol. The number of carbonyl (C=O) groups is 1. The first-order valence-corrected chi connectivity index (χ1v) is 5.23. The first kappa shape index (κ1) is 12.6. The summed E-state index contributed by atoms with van der Waals surface area (Å²) in [6.45, 7) is 7.08. The van der Waals surface area contributed by atoms with Gasteiger partial charge in [0, 0.05) is 5.92 Å². The molecule has 0 aliphatic heterocycles. The molecule has 78 valence electrons. The Morgan fingerprint density at radius 1 is 1.38 bits per heavy atom. The molecule has 0 aromatic carbocycles. The zero-order valence-electron chi connectivity index (χ0n) is 9.39. The molecule has 0 radical (unpaired) electrons. The van der Waals surface area contributed by atoms with Crippen molar-refractivity contribution in [2.24, 2.45) is 11.8 Å². The van der Waals surface area contributed by atoms with Gasteiger partial charge in [-0.1, -0.05) is 13.8 Å². The van der Waals surface area contributed by atoms with Gasteiger partial charge in [0.05, 0.1) is 0 Å². The van der Waals surface area contributed by atoms with E-state index in [0.717, 1.165) is 25.8 Å². The normalized spacial score (nSPS) is 13.3. The molecule has 2 nitrogen and oxygen atoms in total. The Bertz CT molecular complexity index is 143. The van der Waals surface area contributed by atoms with Crippen LogP contribution in [0.5, 0.6) is 0 Å². The van der Waals surface area contributed by atoms with Gasteiger partial charge in [-0.25, -0.2) is 0 Å². The quantitative estimate of drug-likeness (QED) is 0.616. The van der Waals surface area contributed by atoms with E-state index in [1.165, 1.54) is 0 Å². The van der Waals surface area contributed by atoms with E-state index < -0.39 is 0 Å². The van der Waals surface area contributed by atoms with Crippen LogP contribution in [0.25, 0.3) is 0 Å². The maximum Gasteiger partial charge on any atom is 0.132 e. The zero-order valence-corrected chi connectivity index (χ0v) is 9.39. The topological polar surface area (TPSA) is 29.1 Å². The molecule has 1 N–H and O–H groups in total. The summed E-state index contributed by atoms with van der Waals surface area (Å²) >= 11 is 0. The van der Waals surface area contributed by atoms with Gasteiger partial charge in [0.25, 0.3) is 0 Å². The van der Waals surface area contributed by atoms with Crippen LogP contribution in [0.15, 0.2) is 0 Å². The number of Topliss-reactive ketones (excluding diaryl/α,β-unsaturated/α-hetero) is 1. The Morgan fingerprint density at radius 3 is 2.38 bits per heavy atom. The van der Waals surface area contributed by atoms with E-state index in [0.29, 0.717) is 11.7 Å². The van der Waals surface area contributed by atoms with Crippen LogP contribution >= 0.6 is 0 Å². The third-order valence-electron chi connectivity index (χ3n) is 2.31. The highest BCUT2D eigenvalue weighted by molar-refractivity contribution is 5.78. The number of nitrogens with one attached hydrogen (secondary N) is 1. The van der Waals surface area contributed by atoms with Crippen molar-refractivity contribution < 1.29 is 4.79 Å². The van der Waals surface area contributed by atoms with E-state index in [1.807, 2.05) is 7.05 Å². The highest BCUT2D eigenvalue weighted by Gasteiger charge is 2.14. The van der Waals surface area contributed by atoms with Gasteiger partial charge in [-0.15, -0.1) is 0 Å². The fourth-order valence-corrected chi connectivity index (χ4v) is 1.58. The highest BCUT2D eigenvalue weighted by Crippen LogP contribution is 2.17. The number of hydrogen-bond donors (Lipinski definition) is 1. The zero-order chi connectivity index (χ0) is 10.3. The standard InChI is InChI=1S/C11H23NO/c1-9(2)8-11(10(3)13)6-5-7-12-4/h9,11-12H,5-8H2,1-4H3. The van der Waals surface area contributed by atoms with Gasteiger partial charge < -0.3 is 5.32 Å². The molecule has 0 aliphatic carbocycles. The second-order valence-electron chi connectivity index (χ2n) is 4.18. The molecule has 2 heteroatoms. The second-order valence-corrected chi connectivity index (χ2v) is 4.18.